The number of benzene rings is 1. The summed E-state index contributed by atoms with van der Waals surface area (Å²) in [6.45, 7) is 5.39. The molecule has 0 aliphatic rings. The van der Waals surface area contributed by atoms with Crippen molar-refractivity contribution in [2.45, 2.75) is 20.4 Å². The molecule has 0 radical (unpaired) electrons. The van der Waals surface area contributed by atoms with Crippen molar-refractivity contribution in [3.63, 3.8) is 0 Å². The van der Waals surface area contributed by atoms with Gasteiger partial charge in [-0.1, -0.05) is 19.1 Å². The highest BCUT2D eigenvalue weighted by atomic mass is 19.1. The zero-order valence-electron chi connectivity index (χ0n) is 10.1. The van der Waals surface area contributed by atoms with Gasteiger partial charge in [0, 0.05) is 5.56 Å². The first kappa shape index (κ1) is 11.9. The number of nitrogens with one attached hydrogen (secondary N) is 1. The highest BCUT2D eigenvalue weighted by Gasteiger charge is 2.06. The van der Waals surface area contributed by atoms with Gasteiger partial charge in [0.2, 0.25) is 0 Å². The summed E-state index contributed by atoms with van der Waals surface area (Å²) in [5, 5.41) is 3.18. The fraction of sp³-hybridized carbons (Fsp3) is 0.286. The van der Waals surface area contributed by atoms with Crippen LogP contribution in [0, 0.1) is 12.7 Å². The third-order valence-corrected chi connectivity index (χ3v) is 2.67. The molecule has 1 N–H and O–H groups in total. The highest BCUT2D eigenvalue weighted by Crippen LogP contribution is 2.24. The molecule has 17 heavy (non-hydrogen) atoms. The summed E-state index contributed by atoms with van der Waals surface area (Å²) in [6.07, 6.45) is 0. The Kier molecular flexibility index (Phi) is 3.59. The first-order chi connectivity index (χ1) is 8.20. The monoisotopic (exact) mass is 233 g/mol. The average molecular weight is 233 g/mol. The first-order valence-corrected chi connectivity index (χ1v) is 5.76. The van der Waals surface area contributed by atoms with Gasteiger partial charge >= 0.3 is 0 Å². The van der Waals surface area contributed by atoms with E-state index in [1.807, 2.05) is 25.1 Å². The Morgan fingerprint density at radius 1 is 1.24 bits per heavy atom. The van der Waals surface area contributed by atoms with Gasteiger partial charge in [-0.2, -0.15) is 0 Å². The first-order valence-electron chi connectivity index (χ1n) is 5.76. The van der Waals surface area contributed by atoms with Gasteiger partial charge in [0.1, 0.15) is 17.3 Å². The van der Waals surface area contributed by atoms with Gasteiger partial charge in [0.15, 0.2) is 0 Å². The van der Waals surface area contributed by atoms with Crippen molar-refractivity contribution in [1.29, 1.82) is 0 Å². The molecule has 0 saturated heterocycles. The van der Waals surface area contributed by atoms with Crippen molar-refractivity contribution < 1.29 is 8.81 Å². The van der Waals surface area contributed by atoms with E-state index >= 15 is 0 Å². The number of aryl methyl sites for hydroxylation is 1. The van der Waals surface area contributed by atoms with E-state index in [2.05, 4.69) is 5.32 Å². The zero-order valence-corrected chi connectivity index (χ0v) is 10.1. The zero-order chi connectivity index (χ0) is 12.3. The van der Waals surface area contributed by atoms with Crippen molar-refractivity contribution in [1.82, 2.24) is 5.32 Å². The molecular formula is C14H16FNO. The molecule has 1 heterocycles. The molecule has 90 valence electrons. The van der Waals surface area contributed by atoms with Gasteiger partial charge in [0.25, 0.3) is 0 Å². The van der Waals surface area contributed by atoms with Crippen molar-refractivity contribution >= 4 is 0 Å². The van der Waals surface area contributed by atoms with Crippen LogP contribution in [0.2, 0.25) is 0 Å². The Morgan fingerprint density at radius 2 is 2.06 bits per heavy atom. The van der Waals surface area contributed by atoms with E-state index in [1.54, 1.807) is 13.0 Å². The summed E-state index contributed by atoms with van der Waals surface area (Å²) in [5.74, 6) is 1.37. The van der Waals surface area contributed by atoms with Gasteiger partial charge in [-0.05, 0) is 37.2 Å². The fourth-order valence-corrected chi connectivity index (χ4v) is 1.62. The van der Waals surface area contributed by atoms with Crippen LogP contribution < -0.4 is 5.32 Å². The third kappa shape index (κ3) is 2.74. The molecule has 0 aliphatic carbocycles. The van der Waals surface area contributed by atoms with Gasteiger partial charge in [0.05, 0.1) is 6.54 Å². The van der Waals surface area contributed by atoms with E-state index in [0.29, 0.717) is 17.9 Å². The second-order valence-corrected chi connectivity index (χ2v) is 4.01. The SMILES string of the molecule is CCNCc1ccc(-c2ccc(C)c(F)c2)o1. The molecule has 0 saturated carbocycles. The number of hydrogen-bond donors (Lipinski definition) is 1. The molecule has 2 aromatic rings. The Bertz CT molecular complexity index is 505. The molecule has 3 heteroatoms. The standard InChI is InChI=1S/C14H16FNO/c1-3-16-9-12-6-7-14(17-12)11-5-4-10(2)13(15)8-11/h4-8,16H,3,9H2,1-2H3. The molecule has 0 atom stereocenters. The Labute approximate surface area is 100 Å². The van der Waals surface area contributed by atoms with Gasteiger partial charge in [-0.3, -0.25) is 0 Å². The van der Waals surface area contributed by atoms with Gasteiger partial charge < -0.3 is 9.73 Å². The van der Waals surface area contributed by atoms with Crippen molar-refractivity contribution in [3.05, 3.63) is 47.5 Å². The van der Waals surface area contributed by atoms with Crippen LogP contribution in [0.3, 0.4) is 0 Å². The van der Waals surface area contributed by atoms with Crippen LogP contribution >= 0.6 is 0 Å². The molecular weight excluding hydrogens is 217 g/mol. The lowest BCUT2D eigenvalue weighted by Crippen LogP contribution is -2.10. The predicted octanol–water partition coefficient (Wildman–Crippen LogP) is 3.50. The minimum absolute atomic E-state index is 0.202. The number of rotatable bonds is 4. The highest BCUT2D eigenvalue weighted by molar-refractivity contribution is 5.58. The Balaban J connectivity index is 2.21. The molecule has 1 aromatic heterocycles. The summed E-state index contributed by atoms with van der Waals surface area (Å²) in [4.78, 5) is 0. The molecule has 2 rings (SSSR count). The normalized spacial score (nSPS) is 10.8. The molecule has 1 aromatic carbocycles. The van der Waals surface area contributed by atoms with Crippen molar-refractivity contribution in [3.8, 4) is 11.3 Å². The number of halogens is 1. The lowest BCUT2D eigenvalue weighted by Gasteiger charge is -2.00. The van der Waals surface area contributed by atoms with Crippen LogP contribution in [0.1, 0.15) is 18.2 Å². The Hall–Kier alpha value is -1.61. The second kappa shape index (κ2) is 5.15. The van der Waals surface area contributed by atoms with Crippen LogP contribution in [0.25, 0.3) is 11.3 Å². The van der Waals surface area contributed by atoms with Crippen molar-refractivity contribution in [2.75, 3.05) is 6.54 Å². The number of furan rings is 1. The molecule has 0 bridgehead atoms. The lowest BCUT2D eigenvalue weighted by molar-refractivity contribution is 0.498. The maximum Gasteiger partial charge on any atom is 0.134 e. The smallest absolute Gasteiger partial charge is 0.134 e. The summed E-state index contributed by atoms with van der Waals surface area (Å²) in [7, 11) is 0. The van der Waals surface area contributed by atoms with Crippen LogP contribution in [0.4, 0.5) is 4.39 Å². The van der Waals surface area contributed by atoms with Gasteiger partial charge in [-0.15, -0.1) is 0 Å². The maximum absolute atomic E-state index is 13.4. The number of hydrogen-bond acceptors (Lipinski definition) is 2. The molecule has 0 aliphatic heterocycles. The fourth-order valence-electron chi connectivity index (χ4n) is 1.62. The van der Waals surface area contributed by atoms with E-state index in [-0.39, 0.29) is 5.82 Å². The summed E-state index contributed by atoms with van der Waals surface area (Å²) < 4.78 is 19.1. The van der Waals surface area contributed by atoms with E-state index < -0.39 is 0 Å². The van der Waals surface area contributed by atoms with Crippen LogP contribution in [0.5, 0.6) is 0 Å². The molecule has 0 unspecified atom stereocenters. The minimum Gasteiger partial charge on any atom is -0.460 e. The largest absolute Gasteiger partial charge is 0.460 e. The van der Waals surface area contributed by atoms with Crippen LogP contribution in [-0.4, -0.2) is 6.54 Å². The molecule has 0 spiro atoms. The average Bonchev–Trinajstić information content (AvgIpc) is 2.79. The van der Waals surface area contributed by atoms with E-state index in [9.17, 15) is 4.39 Å². The maximum atomic E-state index is 13.4. The quantitative estimate of drug-likeness (QED) is 0.874. The van der Waals surface area contributed by atoms with E-state index in [4.69, 9.17) is 4.42 Å². The lowest BCUT2D eigenvalue weighted by atomic mass is 10.1. The van der Waals surface area contributed by atoms with Crippen molar-refractivity contribution in [2.24, 2.45) is 0 Å². The second-order valence-electron chi connectivity index (χ2n) is 4.01. The van der Waals surface area contributed by atoms with E-state index in [0.717, 1.165) is 17.9 Å². The molecule has 0 amide bonds. The van der Waals surface area contributed by atoms with E-state index in [1.165, 1.54) is 6.07 Å². The minimum atomic E-state index is -0.202. The van der Waals surface area contributed by atoms with Gasteiger partial charge in [-0.25, -0.2) is 4.39 Å². The molecule has 2 nitrogen and oxygen atoms in total. The molecule has 0 fully saturated rings. The predicted molar refractivity (Wildman–Crippen MR) is 66.2 cm³/mol. The van der Waals surface area contributed by atoms with Crippen LogP contribution in [0.15, 0.2) is 34.7 Å². The third-order valence-electron chi connectivity index (χ3n) is 2.67. The summed E-state index contributed by atoms with van der Waals surface area (Å²) >= 11 is 0. The topological polar surface area (TPSA) is 25.2 Å². The van der Waals surface area contributed by atoms with Crippen LogP contribution in [-0.2, 0) is 6.54 Å². The summed E-state index contributed by atoms with van der Waals surface area (Å²) in [6, 6.07) is 8.92. The Morgan fingerprint density at radius 3 is 2.76 bits per heavy atom. The summed E-state index contributed by atoms with van der Waals surface area (Å²) in [5.41, 5.74) is 1.42.